The van der Waals surface area contributed by atoms with Gasteiger partial charge in [0.2, 0.25) is 0 Å². The third-order valence-corrected chi connectivity index (χ3v) is 1.33. The molecule has 6 heteroatoms. The van der Waals surface area contributed by atoms with Crippen molar-refractivity contribution in [2.24, 2.45) is 0 Å². The molecular weight excluding hydrogens is 204 g/mol. The van der Waals surface area contributed by atoms with Crippen molar-refractivity contribution in [1.29, 1.82) is 0 Å². The second kappa shape index (κ2) is 3.83. The van der Waals surface area contributed by atoms with E-state index in [0.29, 0.717) is 6.61 Å². The number of halogens is 4. The van der Waals surface area contributed by atoms with Gasteiger partial charge < -0.3 is 9.84 Å². The highest BCUT2D eigenvalue weighted by Crippen LogP contribution is 2.26. The molecule has 0 unspecified atom stereocenters. The van der Waals surface area contributed by atoms with Gasteiger partial charge in [0.1, 0.15) is 6.61 Å². The maximum atomic E-state index is 12.7. The van der Waals surface area contributed by atoms with Gasteiger partial charge in [0.05, 0.1) is 0 Å². The van der Waals surface area contributed by atoms with E-state index in [2.05, 4.69) is 4.74 Å². The van der Waals surface area contributed by atoms with E-state index in [1.54, 1.807) is 0 Å². The fraction of sp³-hybridized carbons (Fsp3) is 0.125. The maximum Gasteiger partial charge on any atom is 0.573 e. The van der Waals surface area contributed by atoms with Gasteiger partial charge in [-0.3, -0.25) is 0 Å². The topological polar surface area (TPSA) is 29.5 Å². The van der Waals surface area contributed by atoms with Gasteiger partial charge in [-0.2, -0.15) is 0 Å². The second-order valence-corrected chi connectivity index (χ2v) is 2.37. The Morgan fingerprint density at radius 1 is 1.29 bits per heavy atom. The molecule has 77 valence electrons. The quantitative estimate of drug-likeness (QED) is 0.758. The Morgan fingerprint density at radius 3 is 2.43 bits per heavy atom. The van der Waals surface area contributed by atoms with Gasteiger partial charge in [0.15, 0.2) is 11.6 Å². The van der Waals surface area contributed by atoms with Crippen molar-refractivity contribution in [1.82, 2.24) is 0 Å². The lowest BCUT2D eigenvalue weighted by Crippen LogP contribution is -2.18. The molecule has 2 nitrogen and oxygen atoms in total. The monoisotopic (exact) mass is 209 g/mol. The average molecular weight is 209 g/mol. The van der Waals surface area contributed by atoms with Crippen LogP contribution in [0.25, 0.3) is 0 Å². The molecule has 1 radical (unpaired) electrons. The van der Waals surface area contributed by atoms with E-state index in [9.17, 15) is 17.6 Å². The van der Waals surface area contributed by atoms with Crippen LogP contribution >= 0.6 is 0 Å². The van der Waals surface area contributed by atoms with Crippen molar-refractivity contribution in [2.75, 3.05) is 0 Å². The average Bonchev–Trinajstić information content (AvgIpc) is 2.06. The number of aliphatic hydroxyl groups is 1. The third kappa shape index (κ3) is 2.88. The molecule has 0 aliphatic carbocycles. The van der Waals surface area contributed by atoms with Crippen LogP contribution in [0.15, 0.2) is 18.2 Å². The lowest BCUT2D eigenvalue weighted by molar-refractivity contribution is -0.275. The summed E-state index contributed by atoms with van der Waals surface area (Å²) in [6, 6.07) is 2.62. The van der Waals surface area contributed by atoms with Crippen molar-refractivity contribution in [3.8, 4) is 5.75 Å². The molecule has 1 aromatic rings. The van der Waals surface area contributed by atoms with Gasteiger partial charge in [-0.25, -0.2) is 4.39 Å². The first kappa shape index (κ1) is 10.8. The summed E-state index contributed by atoms with van der Waals surface area (Å²) in [5, 5.41) is 8.47. The van der Waals surface area contributed by atoms with Crippen LogP contribution in [-0.4, -0.2) is 11.5 Å². The lowest BCUT2D eigenvalue weighted by atomic mass is 10.2. The Morgan fingerprint density at radius 2 is 1.93 bits per heavy atom. The Labute approximate surface area is 76.7 Å². The highest BCUT2D eigenvalue weighted by molar-refractivity contribution is 5.32. The molecule has 0 aliphatic heterocycles. The van der Waals surface area contributed by atoms with Gasteiger partial charge >= 0.3 is 6.36 Å². The van der Waals surface area contributed by atoms with Gasteiger partial charge in [0.25, 0.3) is 0 Å². The molecule has 0 aliphatic rings. The van der Waals surface area contributed by atoms with Crippen LogP contribution in [0.1, 0.15) is 5.56 Å². The predicted molar refractivity (Wildman–Crippen MR) is 38.4 cm³/mol. The molecule has 0 atom stereocenters. The maximum absolute atomic E-state index is 12.7. The SMILES string of the molecule is O[CH]c1ccc(F)c(OC(F)(F)F)c1. The van der Waals surface area contributed by atoms with Crippen molar-refractivity contribution < 1.29 is 27.4 Å². The molecule has 1 rings (SSSR count). The summed E-state index contributed by atoms with van der Waals surface area (Å²) in [7, 11) is 0. The summed E-state index contributed by atoms with van der Waals surface area (Å²) >= 11 is 0. The summed E-state index contributed by atoms with van der Waals surface area (Å²) in [5.74, 6) is -2.12. The molecule has 0 fully saturated rings. The second-order valence-electron chi connectivity index (χ2n) is 2.37. The summed E-state index contributed by atoms with van der Waals surface area (Å²) < 4.78 is 51.2. The van der Waals surface area contributed by atoms with Crippen LogP contribution in [0.4, 0.5) is 17.6 Å². The van der Waals surface area contributed by atoms with Crippen molar-refractivity contribution in [3.05, 3.63) is 36.2 Å². The number of benzene rings is 1. The predicted octanol–water partition coefficient (Wildman–Crippen LogP) is 2.61. The minimum atomic E-state index is -4.95. The van der Waals surface area contributed by atoms with Gasteiger partial charge in [-0.1, -0.05) is 6.07 Å². The highest BCUT2D eigenvalue weighted by Gasteiger charge is 2.32. The number of aliphatic hydroxyl groups excluding tert-OH is 1. The standard InChI is InChI=1S/C8H5F4O2/c9-6-2-1-5(4-13)3-7(6)14-8(10,11)12/h1-4,13H. The van der Waals surface area contributed by atoms with Crippen molar-refractivity contribution in [3.63, 3.8) is 0 Å². The molecule has 1 N–H and O–H groups in total. The summed E-state index contributed by atoms with van der Waals surface area (Å²) in [6.07, 6.45) is -4.95. The van der Waals surface area contributed by atoms with E-state index in [0.717, 1.165) is 18.2 Å². The number of hydrogen-bond donors (Lipinski definition) is 1. The zero-order valence-corrected chi connectivity index (χ0v) is 6.68. The van der Waals surface area contributed by atoms with Gasteiger partial charge in [-0.05, 0) is 17.7 Å². The fourth-order valence-corrected chi connectivity index (χ4v) is 0.803. The number of ether oxygens (including phenoxy) is 1. The van der Waals surface area contributed by atoms with E-state index in [-0.39, 0.29) is 5.56 Å². The molecule has 14 heavy (non-hydrogen) atoms. The Hall–Kier alpha value is -1.30. The zero-order valence-electron chi connectivity index (χ0n) is 6.68. The number of hydrogen-bond acceptors (Lipinski definition) is 2. The van der Waals surface area contributed by atoms with Crippen LogP contribution < -0.4 is 4.74 Å². The number of alkyl halides is 3. The molecule has 0 saturated heterocycles. The molecule has 0 heterocycles. The minimum Gasteiger partial charge on any atom is -0.403 e. The Balaban J connectivity index is 2.95. The van der Waals surface area contributed by atoms with E-state index in [1.807, 2.05) is 0 Å². The largest absolute Gasteiger partial charge is 0.573 e. The molecule has 0 saturated carbocycles. The molecule has 0 amide bonds. The van der Waals surface area contributed by atoms with Gasteiger partial charge in [-0.15, -0.1) is 13.2 Å². The van der Waals surface area contributed by atoms with E-state index in [1.165, 1.54) is 0 Å². The Bertz CT molecular complexity index is 322. The summed E-state index contributed by atoms with van der Waals surface area (Å²) in [5.41, 5.74) is 0.0191. The van der Waals surface area contributed by atoms with Gasteiger partial charge in [0, 0.05) is 0 Å². The van der Waals surface area contributed by atoms with Crippen molar-refractivity contribution in [2.45, 2.75) is 6.36 Å². The third-order valence-electron chi connectivity index (χ3n) is 1.33. The first-order valence-electron chi connectivity index (χ1n) is 3.45. The van der Waals surface area contributed by atoms with Crippen molar-refractivity contribution >= 4 is 0 Å². The zero-order chi connectivity index (χ0) is 10.8. The first-order chi connectivity index (χ1) is 6.42. The normalized spacial score (nSPS) is 11.5. The number of rotatable bonds is 2. The molecular formula is C8H5F4O2. The fourth-order valence-electron chi connectivity index (χ4n) is 0.803. The Kier molecular flexibility index (Phi) is 2.95. The first-order valence-corrected chi connectivity index (χ1v) is 3.45. The van der Waals surface area contributed by atoms with Crippen LogP contribution in [0.5, 0.6) is 5.75 Å². The molecule has 0 aromatic heterocycles. The highest BCUT2D eigenvalue weighted by atomic mass is 19.4. The van der Waals surface area contributed by atoms with Crippen LogP contribution in [0.2, 0.25) is 0 Å². The molecule has 1 aromatic carbocycles. The van der Waals surface area contributed by atoms with E-state index in [4.69, 9.17) is 5.11 Å². The smallest absolute Gasteiger partial charge is 0.403 e. The van der Waals surface area contributed by atoms with Crippen LogP contribution in [-0.2, 0) is 0 Å². The summed E-state index contributed by atoms with van der Waals surface area (Å²) in [6.45, 7) is 0.544. The lowest BCUT2D eigenvalue weighted by Gasteiger charge is -2.10. The van der Waals surface area contributed by atoms with E-state index >= 15 is 0 Å². The molecule has 0 bridgehead atoms. The van der Waals surface area contributed by atoms with Crippen LogP contribution in [0.3, 0.4) is 0 Å². The van der Waals surface area contributed by atoms with E-state index < -0.39 is 17.9 Å². The van der Waals surface area contributed by atoms with Crippen LogP contribution in [0, 0.1) is 12.4 Å². The minimum absolute atomic E-state index is 0.0191. The summed E-state index contributed by atoms with van der Waals surface area (Å²) in [4.78, 5) is 0. The molecule has 0 spiro atoms.